The third-order valence-electron chi connectivity index (χ3n) is 2.85. The zero-order chi connectivity index (χ0) is 11.7. The fourth-order valence-corrected chi connectivity index (χ4v) is 1.94. The summed E-state index contributed by atoms with van der Waals surface area (Å²) in [5.41, 5.74) is 3.24. The second-order valence-corrected chi connectivity index (χ2v) is 4.20. The van der Waals surface area contributed by atoms with Crippen molar-refractivity contribution in [1.29, 1.82) is 0 Å². The Balaban J connectivity index is 1.94. The number of aryl methyl sites for hydroxylation is 1. The largest absolute Gasteiger partial charge is 0.478 e. The van der Waals surface area contributed by atoms with Crippen LogP contribution in [0.3, 0.4) is 0 Å². The van der Waals surface area contributed by atoms with Gasteiger partial charge in [-0.15, -0.1) is 0 Å². The van der Waals surface area contributed by atoms with Crippen LogP contribution in [0, 0.1) is 6.92 Å². The average Bonchev–Trinajstić information content (AvgIpc) is 2.39. The van der Waals surface area contributed by atoms with Crippen molar-refractivity contribution in [1.82, 2.24) is 0 Å². The highest BCUT2D eigenvalue weighted by molar-refractivity contribution is 5.75. The Hall–Kier alpha value is -2.09. The number of benzene rings is 2. The Morgan fingerprint density at radius 2 is 1.88 bits per heavy atom. The lowest BCUT2D eigenvalue weighted by molar-refractivity contribution is 0.275. The molecule has 17 heavy (non-hydrogen) atoms. The van der Waals surface area contributed by atoms with E-state index in [1.807, 2.05) is 42.6 Å². The van der Waals surface area contributed by atoms with Crippen LogP contribution in [-0.2, 0) is 0 Å². The molecule has 0 bridgehead atoms. The Bertz CT molecular complexity index is 560. The highest BCUT2D eigenvalue weighted by atomic mass is 16.5. The van der Waals surface area contributed by atoms with E-state index in [0.717, 1.165) is 17.0 Å². The van der Waals surface area contributed by atoms with Crippen LogP contribution in [0.15, 0.2) is 53.5 Å². The average molecular weight is 223 g/mol. The normalized spacial score (nSPS) is 17.4. The fourth-order valence-electron chi connectivity index (χ4n) is 1.94. The minimum absolute atomic E-state index is 0.0774. The van der Waals surface area contributed by atoms with Gasteiger partial charge in [0, 0.05) is 0 Å². The fraction of sp³-hybridized carbons (Fsp3) is 0.133. The monoisotopic (exact) mass is 223 g/mol. The van der Waals surface area contributed by atoms with Crippen molar-refractivity contribution in [2.24, 2.45) is 4.99 Å². The van der Waals surface area contributed by atoms with Crippen molar-refractivity contribution in [2.45, 2.75) is 13.0 Å². The minimum Gasteiger partial charge on any atom is -0.478 e. The molecule has 1 heterocycles. The van der Waals surface area contributed by atoms with Gasteiger partial charge in [0.1, 0.15) is 11.4 Å². The van der Waals surface area contributed by atoms with Crippen LogP contribution in [0.25, 0.3) is 0 Å². The lowest BCUT2D eigenvalue weighted by Gasteiger charge is -2.21. The van der Waals surface area contributed by atoms with Gasteiger partial charge in [-0.2, -0.15) is 0 Å². The van der Waals surface area contributed by atoms with Gasteiger partial charge >= 0.3 is 0 Å². The quantitative estimate of drug-likeness (QED) is 0.720. The first kappa shape index (κ1) is 10.1. The lowest BCUT2D eigenvalue weighted by atomic mass is 10.1. The van der Waals surface area contributed by atoms with Crippen LogP contribution >= 0.6 is 0 Å². The Morgan fingerprint density at radius 1 is 1.06 bits per heavy atom. The summed E-state index contributed by atoms with van der Waals surface area (Å²) in [6, 6.07) is 16.2. The molecule has 0 radical (unpaired) electrons. The van der Waals surface area contributed by atoms with Crippen LogP contribution < -0.4 is 4.74 Å². The molecule has 2 aromatic rings. The van der Waals surface area contributed by atoms with E-state index >= 15 is 0 Å². The number of aliphatic imine (C=N–C) groups is 1. The van der Waals surface area contributed by atoms with Gasteiger partial charge in [0.15, 0.2) is 6.10 Å². The van der Waals surface area contributed by atoms with Crippen LogP contribution in [-0.4, -0.2) is 6.21 Å². The molecule has 2 heteroatoms. The molecule has 0 N–H and O–H groups in total. The van der Waals surface area contributed by atoms with E-state index in [1.165, 1.54) is 5.56 Å². The predicted molar refractivity (Wildman–Crippen MR) is 69.1 cm³/mol. The van der Waals surface area contributed by atoms with Gasteiger partial charge < -0.3 is 4.74 Å². The van der Waals surface area contributed by atoms with E-state index in [4.69, 9.17) is 4.74 Å². The van der Waals surface area contributed by atoms with Crippen molar-refractivity contribution in [2.75, 3.05) is 0 Å². The van der Waals surface area contributed by atoms with Crippen molar-refractivity contribution in [3.05, 3.63) is 59.7 Å². The Labute approximate surface area is 101 Å². The molecule has 0 aliphatic carbocycles. The molecule has 1 unspecified atom stereocenters. The van der Waals surface area contributed by atoms with Crippen molar-refractivity contribution >= 4 is 11.9 Å². The van der Waals surface area contributed by atoms with E-state index in [2.05, 4.69) is 24.0 Å². The maximum Gasteiger partial charge on any atom is 0.159 e. The molecule has 0 fully saturated rings. The van der Waals surface area contributed by atoms with E-state index in [0.29, 0.717) is 0 Å². The maximum atomic E-state index is 5.92. The summed E-state index contributed by atoms with van der Waals surface area (Å²) in [6.45, 7) is 2.05. The maximum absolute atomic E-state index is 5.92. The first-order valence-electron chi connectivity index (χ1n) is 5.69. The molecule has 0 spiro atoms. The number of fused-ring (bicyclic) bond motifs is 1. The molecule has 0 amide bonds. The van der Waals surface area contributed by atoms with Crippen molar-refractivity contribution in [3.8, 4) is 5.75 Å². The second-order valence-electron chi connectivity index (χ2n) is 4.20. The molecule has 0 aromatic heterocycles. The summed E-state index contributed by atoms with van der Waals surface area (Å²) in [7, 11) is 0. The predicted octanol–water partition coefficient (Wildman–Crippen LogP) is 3.83. The van der Waals surface area contributed by atoms with Crippen LogP contribution in [0.2, 0.25) is 0 Å². The second kappa shape index (κ2) is 4.06. The Kier molecular flexibility index (Phi) is 2.41. The number of ether oxygens (including phenoxy) is 1. The highest BCUT2D eigenvalue weighted by Crippen LogP contribution is 2.35. The molecule has 0 saturated heterocycles. The smallest absolute Gasteiger partial charge is 0.159 e. The molecular weight excluding hydrogens is 210 g/mol. The topological polar surface area (TPSA) is 21.6 Å². The summed E-state index contributed by atoms with van der Waals surface area (Å²) < 4.78 is 5.92. The molecule has 84 valence electrons. The molecule has 2 nitrogen and oxygen atoms in total. The molecular formula is C15H13NO. The highest BCUT2D eigenvalue weighted by Gasteiger charge is 2.17. The lowest BCUT2D eigenvalue weighted by Crippen LogP contribution is -2.11. The van der Waals surface area contributed by atoms with Crippen LogP contribution in [0.4, 0.5) is 5.69 Å². The van der Waals surface area contributed by atoms with Gasteiger partial charge in [-0.25, -0.2) is 0 Å². The molecule has 0 saturated carbocycles. The van der Waals surface area contributed by atoms with Crippen LogP contribution in [0.5, 0.6) is 5.75 Å². The van der Waals surface area contributed by atoms with Gasteiger partial charge in [0.05, 0.1) is 6.21 Å². The molecule has 3 rings (SSSR count). The van der Waals surface area contributed by atoms with Gasteiger partial charge in [-0.1, -0.05) is 36.4 Å². The van der Waals surface area contributed by atoms with Gasteiger partial charge in [0.2, 0.25) is 0 Å². The summed E-state index contributed by atoms with van der Waals surface area (Å²) >= 11 is 0. The minimum atomic E-state index is -0.0774. The summed E-state index contributed by atoms with van der Waals surface area (Å²) in [5, 5.41) is 0. The molecule has 1 atom stereocenters. The van der Waals surface area contributed by atoms with Gasteiger partial charge in [0.25, 0.3) is 0 Å². The first-order valence-corrected chi connectivity index (χ1v) is 5.69. The Morgan fingerprint density at radius 3 is 2.71 bits per heavy atom. The third kappa shape index (κ3) is 1.94. The molecule has 2 aromatic carbocycles. The zero-order valence-electron chi connectivity index (χ0n) is 9.63. The van der Waals surface area contributed by atoms with Crippen molar-refractivity contribution in [3.63, 3.8) is 0 Å². The summed E-state index contributed by atoms with van der Waals surface area (Å²) in [5.74, 6) is 0.854. The first-order chi connectivity index (χ1) is 8.33. The number of hydrogen-bond acceptors (Lipinski definition) is 2. The van der Waals surface area contributed by atoms with Gasteiger partial charge in [-0.3, -0.25) is 4.99 Å². The summed E-state index contributed by atoms with van der Waals surface area (Å²) in [4.78, 5) is 4.46. The standard InChI is InChI=1S/C15H13NO/c1-11-7-8-14-13(9-11)16-10-15(17-14)12-5-3-2-4-6-12/h2-10,15H,1H3. The summed E-state index contributed by atoms with van der Waals surface area (Å²) in [6.07, 6.45) is 1.78. The van der Waals surface area contributed by atoms with Crippen LogP contribution in [0.1, 0.15) is 17.2 Å². The molecule has 1 aliphatic rings. The number of rotatable bonds is 1. The van der Waals surface area contributed by atoms with Gasteiger partial charge in [-0.05, 0) is 30.2 Å². The number of hydrogen-bond donors (Lipinski definition) is 0. The van der Waals surface area contributed by atoms with E-state index in [9.17, 15) is 0 Å². The number of nitrogens with zero attached hydrogens (tertiary/aromatic N) is 1. The SMILES string of the molecule is Cc1ccc2c(c1)N=CC(c1ccccc1)O2. The van der Waals surface area contributed by atoms with E-state index in [-0.39, 0.29) is 6.10 Å². The molecule has 1 aliphatic heterocycles. The third-order valence-corrected chi connectivity index (χ3v) is 2.85. The van der Waals surface area contributed by atoms with E-state index < -0.39 is 0 Å². The zero-order valence-corrected chi connectivity index (χ0v) is 9.63. The van der Waals surface area contributed by atoms with E-state index in [1.54, 1.807) is 0 Å². The van der Waals surface area contributed by atoms with Crippen molar-refractivity contribution < 1.29 is 4.74 Å².